The molecule has 0 saturated carbocycles. The fraction of sp³-hybridized carbons (Fsp3) is 0.438. The van der Waals surface area contributed by atoms with Gasteiger partial charge in [0, 0.05) is 43.4 Å². The first-order valence-electron chi connectivity index (χ1n) is 7.21. The Morgan fingerprint density at radius 1 is 1.38 bits per heavy atom. The molecule has 1 saturated heterocycles. The van der Waals surface area contributed by atoms with Crippen LogP contribution in [-0.4, -0.2) is 50.1 Å². The molecular formula is C16H22ClN3O. The lowest BCUT2D eigenvalue weighted by Gasteiger charge is -2.36. The second-order valence-corrected chi connectivity index (χ2v) is 5.72. The number of hydrogen-bond donors (Lipinski definition) is 1. The van der Waals surface area contributed by atoms with Crippen molar-refractivity contribution in [3.63, 3.8) is 0 Å². The number of nitrogens with zero attached hydrogens (tertiary/aromatic N) is 2. The van der Waals surface area contributed by atoms with E-state index in [1.165, 1.54) is 11.3 Å². The van der Waals surface area contributed by atoms with Gasteiger partial charge >= 0.3 is 0 Å². The lowest BCUT2D eigenvalue weighted by Crippen LogP contribution is -2.49. The topological polar surface area (TPSA) is 35.6 Å². The van der Waals surface area contributed by atoms with Crippen LogP contribution in [0.4, 0.5) is 5.69 Å². The molecule has 1 aliphatic heterocycles. The molecule has 0 spiro atoms. The Labute approximate surface area is 131 Å². The fourth-order valence-corrected chi connectivity index (χ4v) is 2.68. The van der Waals surface area contributed by atoms with Gasteiger partial charge in [-0.1, -0.05) is 23.7 Å². The molecule has 1 aromatic rings. The number of anilines is 1. The summed E-state index contributed by atoms with van der Waals surface area (Å²) in [6.07, 6.45) is 1.69. The molecule has 4 nitrogen and oxygen atoms in total. The van der Waals surface area contributed by atoms with Crippen molar-refractivity contribution < 1.29 is 4.79 Å². The van der Waals surface area contributed by atoms with E-state index >= 15 is 0 Å². The Morgan fingerprint density at radius 2 is 2.10 bits per heavy atom. The van der Waals surface area contributed by atoms with Crippen LogP contribution in [-0.2, 0) is 4.79 Å². The molecule has 114 valence electrons. The molecule has 0 aromatic heterocycles. The predicted molar refractivity (Wildman–Crippen MR) is 88.0 cm³/mol. The van der Waals surface area contributed by atoms with E-state index in [0.29, 0.717) is 13.1 Å². The molecular weight excluding hydrogens is 286 g/mol. The van der Waals surface area contributed by atoms with Crippen molar-refractivity contribution in [1.29, 1.82) is 0 Å². The molecule has 0 radical (unpaired) electrons. The minimum atomic E-state index is 0.0577. The van der Waals surface area contributed by atoms with Crippen molar-refractivity contribution >= 4 is 23.2 Å². The highest BCUT2D eigenvalue weighted by atomic mass is 35.5. The van der Waals surface area contributed by atoms with Crippen molar-refractivity contribution in [3.05, 3.63) is 41.4 Å². The second kappa shape index (κ2) is 7.48. The third-order valence-electron chi connectivity index (χ3n) is 3.69. The van der Waals surface area contributed by atoms with Crippen molar-refractivity contribution in [1.82, 2.24) is 10.2 Å². The van der Waals surface area contributed by atoms with E-state index < -0.39 is 0 Å². The molecule has 1 N–H and O–H groups in total. The van der Waals surface area contributed by atoms with Crippen LogP contribution < -0.4 is 10.2 Å². The highest BCUT2D eigenvalue weighted by molar-refractivity contribution is 6.30. The van der Waals surface area contributed by atoms with Gasteiger partial charge in [-0.3, -0.25) is 9.69 Å². The highest BCUT2D eigenvalue weighted by Crippen LogP contribution is 2.25. The van der Waals surface area contributed by atoms with E-state index in [2.05, 4.69) is 28.6 Å². The molecule has 0 bridgehead atoms. The minimum absolute atomic E-state index is 0.0577. The summed E-state index contributed by atoms with van der Waals surface area (Å²) in [6, 6.07) is 5.98. The summed E-state index contributed by atoms with van der Waals surface area (Å²) in [5, 5.41) is 3.57. The summed E-state index contributed by atoms with van der Waals surface area (Å²) in [5.74, 6) is 0.0577. The van der Waals surface area contributed by atoms with Gasteiger partial charge in [0.1, 0.15) is 0 Å². The Balaban J connectivity index is 1.87. The van der Waals surface area contributed by atoms with E-state index in [4.69, 9.17) is 11.6 Å². The number of hydrogen-bond acceptors (Lipinski definition) is 3. The average Bonchev–Trinajstić information content (AvgIpc) is 2.48. The first kappa shape index (κ1) is 15.9. The Kier molecular flexibility index (Phi) is 5.65. The van der Waals surface area contributed by atoms with Gasteiger partial charge in [-0.25, -0.2) is 0 Å². The first-order chi connectivity index (χ1) is 10.1. The summed E-state index contributed by atoms with van der Waals surface area (Å²) in [7, 11) is 0. The molecule has 1 amide bonds. The van der Waals surface area contributed by atoms with Crippen LogP contribution in [0.3, 0.4) is 0 Å². The summed E-state index contributed by atoms with van der Waals surface area (Å²) in [6.45, 7) is 10.3. The molecule has 1 heterocycles. The van der Waals surface area contributed by atoms with E-state index in [9.17, 15) is 4.79 Å². The maximum Gasteiger partial charge on any atom is 0.234 e. The molecule has 0 unspecified atom stereocenters. The third-order valence-corrected chi connectivity index (χ3v) is 3.93. The molecule has 1 aromatic carbocycles. The van der Waals surface area contributed by atoms with Crippen LogP contribution in [0, 0.1) is 6.92 Å². The summed E-state index contributed by atoms with van der Waals surface area (Å²) in [4.78, 5) is 16.2. The van der Waals surface area contributed by atoms with Gasteiger partial charge in [0.2, 0.25) is 5.91 Å². The molecule has 0 aliphatic carbocycles. The van der Waals surface area contributed by atoms with Crippen molar-refractivity contribution in [2.75, 3.05) is 44.2 Å². The Hall–Kier alpha value is -1.52. The van der Waals surface area contributed by atoms with Crippen molar-refractivity contribution in [2.45, 2.75) is 6.92 Å². The van der Waals surface area contributed by atoms with Gasteiger partial charge in [0.15, 0.2) is 0 Å². The number of nitrogens with one attached hydrogen (secondary N) is 1. The maximum absolute atomic E-state index is 11.7. The van der Waals surface area contributed by atoms with Gasteiger partial charge in [-0.15, -0.1) is 6.58 Å². The summed E-state index contributed by atoms with van der Waals surface area (Å²) in [5.41, 5.74) is 2.43. The summed E-state index contributed by atoms with van der Waals surface area (Å²) >= 11 is 6.08. The van der Waals surface area contributed by atoms with Crippen molar-refractivity contribution in [3.8, 4) is 0 Å². The SMILES string of the molecule is C=CCNC(=O)CN1CCN(c2cc(Cl)ccc2C)CC1. The van der Waals surface area contributed by atoms with Gasteiger partial charge < -0.3 is 10.2 Å². The second-order valence-electron chi connectivity index (χ2n) is 5.29. The van der Waals surface area contributed by atoms with E-state index in [-0.39, 0.29) is 5.91 Å². The predicted octanol–water partition coefficient (Wildman–Crippen LogP) is 2.07. The highest BCUT2D eigenvalue weighted by Gasteiger charge is 2.20. The summed E-state index contributed by atoms with van der Waals surface area (Å²) < 4.78 is 0. The maximum atomic E-state index is 11.7. The number of aryl methyl sites for hydroxylation is 1. The van der Waals surface area contributed by atoms with Crippen LogP contribution in [0.1, 0.15) is 5.56 Å². The quantitative estimate of drug-likeness (QED) is 0.846. The number of amides is 1. The van der Waals surface area contributed by atoms with Gasteiger partial charge in [-0.2, -0.15) is 0 Å². The molecule has 0 atom stereocenters. The average molecular weight is 308 g/mol. The normalized spacial score (nSPS) is 15.8. The molecule has 21 heavy (non-hydrogen) atoms. The number of halogens is 1. The number of carbonyl (C=O) groups excluding carboxylic acids is 1. The standard InChI is InChI=1S/C16H22ClN3O/c1-3-6-18-16(21)12-19-7-9-20(10-8-19)15-11-14(17)5-4-13(15)2/h3-5,11H,1,6-10,12H2,2H3,(H,18,21). The van der Waals surface area contributed by atoms with Crippen LogP contribution in [0.15, 0.2) is 30.9 Å². The zero-order valence-corrected chi connectivity index (χ0v) is 13.2. The van der Waals surface area contributed by atoms with Gasteiger partial charge in [0.25, 0.3) is 0 Å². The van der Waals surface area contributed by atoms with Crippen molar-refractivity contribution in [2.24, 2.45) is 0 Å². The zero-order chi connectivity index (χ0) is 15.2. The molecule has 1 aliphatic rings. The fourth-order valence-electron chi connectivity index (χ4n) is 2.52. The largest absolute Gasteiger partial charge is 0.369 e. The minimum Gasteiger partial charge on any atom is -0.369 e. The van der Waals surface area contributed by atoms with Gasteiger partial charge in [0.05, 0.1) is 6.54 Å². The Morgan fingerprint density at radius 3 is 2.76 bits per heavy atom. The van der Waals surface area contributed by atoms with Crippen LogP contribution >= 0.6 is 11.6 Å². The van der Waals surface area contributed by atoms with Crippen LogP contribution in [0.5, 0.6) is 0 Å². The monoisotopic (exact) mass is 307 g/mol. The Bertz CT molecular complexity index is 510. The van der Waals surface area contributed by atoms with E-state index in [0.717, 1.165) is 31.2 Å². The van der Waals surface area contributed by atoms with Crippen LogP contribution in [0.2, 0.25) is 5.02 Å². The van der Waals surface area contributed by atoms with E-state index in [1.54, 1.807) is 6.08 Å². The number of benzene rings is 1. The molecule has 2 rings (SSSR count). The van der Waals surface area contributed by atoms with Crippen LogP contribution in [0.25, 0.3) is 0 Å². The van der Waals surface area contributed by atoms with E-state index in [1.807, 2.05) is 18.2 Å². The third kappa shape index (κ3) is 4.48. The number of rotatable bonds is 5. The van der Waals surface area contributed by atoms with Gasteiger partial charge in [-0.05, 0) is 24.6 Å². The number of piperazine rings is 1. The molecule has 1 fully saturated rings. The first-order valence-corrected chi connectivity index (χ1v) is 7.59. The zero-order valence-electron chi connectivity index (χ0n) is 12.4. The lowest BCUT2D eigenvalue weighted by atomic mass is 10.1. The lowest BCUT2D eigenvalue weighted by molar-refractivity contribution is -0.122. The number of carbonyl (C=O) groups is 1. The molecule has 5 heteroatoms. The smallest absolute Gasteiger partial charge is 0.234 e.